The number of para-hydroxylation sites is 1. The quantitative estimate of drug-likeness (QED) is 0.641. The number of rotatable bonds is 5. The Labute approximate surface area is 120 Å². The summed E-state index contributed by atoms with van der Waals surface area (Å²) in [6.45, 7) is 0.551. The van der Waals surface area contributed by atoms with Crippen molar-refractivity contribution in [3.05, 3.63) is 33.9 Å². The van der Waals surface area contributed by atoms with E-state index in [4.69, 9.17) is 5.11 Å². The van der Waals surface area contributed by atoms with Gasteiger partial charge in [0.1, 0.15) is 5.69 Å². The molecule has 1 heterocycles. The van der Waals surface area contributed by atoms with Crippen LogP contribution in [0.15, 0.2) is 18.2 Å². The maximum atomic E-state index is 11.2. The minimum Gasteiger partial charge on any atom is -0.478 e. The number of carbonyl (C=O) groups is 1. The molecule has 1 aromatic carbocycles. The Hall–Kier alpha value is -1.76. The van der Waals surface area contributed by atoms with E-state index in [2.05, 4.69) is 5.32 Å². The highest BCUT2D eigenvalue weighted by atomic mass is 32.2. The third-order valence-corrected chi connectivity index (χ3v) is 4.65. The van der Waals surface area contributed by atoms with Crippen LogP contribution >= 0.6 is 11.8 Å². The summed E-state index contributed by atoms with van der Waals surface area (Å²) < 4.78 is 0. The zero-order valence-corrected chi connectivity index (χ0v) is 11.7. The number of aromatic carboxylic acids is 1. The fraction of sp³-hybridized carbons (Fsp3) is 0.462. The van der Waals surface area contributed by atoms with Crippen molar-refractivity contribution >= 4 is 29.1 Å². The molecule has 20 heavy (non-hydrogen) atoms. The lowest BCUT2D eigenvalue weighted by Crippen LogP contribution is -2.21. The van der Waals surface area contributed by atoms with Gasteiger partial charge < -0.3 is 10.4 Å². The zero-order valence-electron chi connectivity index (χ0n) is 10.9. The number of benzene rings is 1. The van der Waals surface area contributed by atoms with Crippen LogP contribution in [0.3, 0.4) is 0 Å². The number of nitro benzene ring substituents is 1. The van der Waals surface area contributed by atoms with Gasteiger partial charge in [-0.05, 0) is 24.7 Å². The second kappa shape index (κ2) is 6.60. The van der Waals surface area contributed by atoms with Gasteiger partial charge in [-0.15, -0.1) is 0 Å². The van der Waals surface area contributed by atoms with Gasteiger partial charge in [0.2, 0.25) is 0 Å². The first kappa shape index (κ1) is 14.6. The number of hydrogen-bond acceptors (Lipinski definition) is 5. The number of carboxylic acids is 1. The Kier molecular flexibility index (Phi) is 4.84. The first-order valence-corrected chi connectivity index (χ1v) is 7.50. The molecule has 1 fully saturated rings. The van der Waals surface area contributed by atoms with E-state index in [0.717, 1.165) is 18.6 Å². The zero-order chi connectivity index (χ0) is 14.5. The normalized spacial score (nSPS) is 18.5. The van der Waals surface area contributed by atoms with Crippen molar-refractivity contribution in [2.45, 2.75) is 24.5 Å². The van der Waals surface area contributed by atoms with E-state index in [9.17, 15) is 14.9 Å². The van der Waals surface area contributed by atoms with Crippen LogP contribution in [0.4, 0.5) is 11.4 Å². The van der Waals surface area contributed by atoms with Crippen molar-refractivity contribution in [1.29, 1.82) is 0 Å². The molecule has 1 aliphatic rings. The van der Waals surface area contributed by atoms with Crippen LogP contribution in [0.2, 0.25) is 0 Å². The van der Waals surface area contributed by atoms with Crippen LogP contribution in [0, 0.1) is 10.1 Å². The van der Waals surface area contributed by atoms with E-state index in [-0.39, 0.29) is 16.9 Å². The maximum absolute atomic E-state index is 11.2. The van der Waals surface area contributed by atoms with Crippen LogP contribution < -0.4 is 5.32 Å². The lowest BCUT2D eigenvalue weighted by atomic mass is 10.1. The predicted molar refractivity (Wildman–Crippen MR) is 78.6 cm³/mol. The Balaban J connectivity index is 2.19. The Morgan fingerprint density at radius 3 is 2.90 bits per heavy atom. The highest BCUT2D eigenvalue weighted by Gasteiger charge is 2.22. The summed E-state index contributed by atoms with van der Waals surface area (Å²) in [5, 5.41) is 23.5. The summed E-state index contributed by atoms with van der Waals surface area (Å²) in [6.07, 6.45) is 3.41. The number of carboxylic acid groups (broad SMARTS) is 1. The van der Waals surface area contributed by atoms with E-state index in [1.807, 2.05) is 11.8 Å². The molecule has 108 valence electrons. The fourth-order valence-corrected chi connectivity index (χ4v) is 3.48. The molecule has 0 aliphatic carbocycles. The number of nitrogens with zero attached hydrogens (tertiary/aromatic N) is 1. The summed E-state index contributed by atoms with van der Waals surface area (Å²) >= 11 is 1.83. The average Bonchev–Trinajstić information content (AvgIpc) is 2.45. The summed E-state index contributed by atoms with van der Waals surface area (Å²) in [7, 11) is 0. The molecule has 0 radical (unpaired) electrons. The standard InChI is InChI=1S/C13H16N2O4S/c16-13(17)10-5-3-6-11(15(18)19)12(10)14-8-9-4-1-2-7-20-9/h3,5-6,9,14H,1-2,4,7-8H2,(H,16,17). The van der Waals surface area contributed by atoms with Gasteiger partial charge in [0.15, 0.2) is 0 Å². The van der Waals surface area contributed by atoms with Crippen molar-refractivity contribution < 1.29 is 14.8 Å². The lowest BCUT2D eigenvalue weighted by molar-refractivity contribution is -0.384. The second-order valence-electron chi connectivity index (χ2n) is 4.63. The monoisotopic (exact) mass is 296 g/mol. The molecular weight excluding hydrogens is 280 g/mol. The van der Waals surface area contributed by atoms with E-state index in [1.165, 1.54) is 24.6 Å². The van der Waals surface area contributed by atoms with Gasteiger partial charge in [-0.25, -0.2) is 4.79 Å². The van der Waals surface area contributed by atoms with E-state index < -0.39 is 10.9 Å². The first-order valence-electron chi connectivity index (χ1n) is 6.45. The third kappa shape index (κ3) is 3.41. The summed E-state index contributed by atoms with van der Waals surface area (Å²) in [5.41, 5.74) is -0.137. The van der Waals surface area contributed by atoms with Crippen LogP contribution in [0.5, 0.6) is 0 Å². The molecule has 1 atom stereocenters. The molecule has 7 heteroatoms. The van der Waals surface area contributed by atoms with Crippen LogP contribution in [-0.2, 0) is 0 Å². The van der Waals surface area contributed by atoms with Crippen LogP contribution in [0.25, 0.3) is 0 Å². The topological polar surface area (TPSA) is 92.5 Å². The summed E-state index contributed by atoms with van der Waals surface area (Å²) in [4.78, 5) is 21.6. The molecule has 2 N–H and O–H groups in total. The van der Waals surface area contributed by atoms with E-state index in [0.29, 0.717) is 11.8 Å². The number of thioether (sulfide) groups is 1. The predicted octanol–water partition coefficient (Wildman–Crippen LogP) is 2.99. The largest absolute Gasteiger partial charge is 0.478 e. The number of nitrogens with one attached hydrogen (secondary N) is 1. The molecule has 0 bridgehead atoms. The SMILES string of the molecule is O=C(O)c1cccc([N+](=O)[O-])c1NCC1CCCCS1. The summed E-state index contributed by atoms with van der Waals surface area (Å²) in [5.74, 6) is -0.0674. The molecule has 2 rings (SSSR count). The number of hydrogen-bond donors (Lipinski definition) is 2. The van der Waals surface area contributed by atoms with Crippen LogP contribution in [0.1, 0.15) is 29.6 Å². The molecule has 1 saturated heterocycles. The molecule has 6 nitrogen and oxygen atoms in total. The molecule has 0 aromatic heterocycles. The molecule has 1 aliphatic heterocycles. The van der Waals surface area contributed by atoms with Crippen molar-refractivity contribution in [2.75, 3.05) is 17.6 Å². The number of nitro groups is 1. The van der Waals surface area contributed by atoms with Crippen molar-refractivity contribution in [2.24, 2.45) is 0 Å². The minimum absolute atomic E-state index is 0.0555. The third-order valence-electron chi connectivity index (χ3n) is 3.25. The Bertz CT molecular complexity index is 483. The lowest BCUT2D eigenvalue weighted by Gasteiger charge is -2.22. The van der Waals surface area contributed by atoms with Gasteiger partial charge in [-0.2, -0.15) is 11.8 Å². The molecule has 0 amide bonds. The van der Waals surface area contributed by atoms with Gasteiger partial charge in [0.25, 0.3) is 5.69 Å². The first-order chi connectivity index (χ1) is 9.59. The average molecular weight is 296 g/mol. The molecular formula is C13H16N2O4S. The molecule has 1 unspecified atom stereocenters. The van der Waals surface area contributed by atoms with Crippen LogP contribution in [-0.4, -0.2) is 33.5 Å². The van der Waals surface area contributed by atoms with Gasteiger partial charge in [0.05, 0.1) is 10.5 Å². The van der Waals surface area contributed by atoms with E-state index in [1.54, 1.807) is 0 Å². The smallest absolute Gasteiger partial charge is 0.338 e. The number of anilines is 1. The fourth-order valence-electron chi connectivity index (χ4n) is 2.24. The van der Waals surface area contributed by atoms with Gasteiger partial charge in [0, 0.05) is 17.9 Å². The summed E-state index contributed by atoms with van der Waals surface area (Å²) in [6, 6.07) is 4.09. The van der Waals surface area contributed by atoms with Crippen molar-refractivity contribution in [1.82, 2.24) is 0 Å². The van der Waals surface area contributed by atoms with Gasteiger partial charge in [-0.1, -0.05) is 12.5 Å². The minimum atomic E-state index is -1.16. The molecule has 1 aromatic rings. The van der Waals surface area contributed by atoms with Crippen molar-refractivity contribution in [3.63, 3.8) is 0 Å². The molecule has 0 saturated carbocycles. The highest BCUT2D eigenvalue weighted by molar-refractivity contribution is 7.99. The second-order valence-corrected chi connectivity index (χ2v) is 6.04. The highest BCUT2D eigenvalue weighted by Crippen LogP contribution is 2.30. The van der Waals surface area contributed by atoms with Gasteiger partial charge in [-0.3, -0.25) is 10.1 Å². The Morgan fingerprint density at radius 2 is 2.30 bits per heavy atom. The molecule has 0 spiro atoms. The van der Waals surface area contributed by atoms with E-state index >= 15 is 0 Å². The maximum Gasteiger partial charge on any atom is 0.338 e. The van der Waals surface area contributed by atoms with Gasteiger partial charge >= 0.3 is 5.97 Å². The van der Waals surface area contributed by atoms with Crippen molar-refractivity contribution in [3.8, 4) is 0 Å². The Morgan fingerprint density at radius 1 is 1.50 bits per heavy atom.